The number of fused-ring (bicyclic) bond motifs is 2. The molecule has 0 amide bonds. The molecule has 0 aliphatic carbocycles. The third-order valence-corrected chi connectivity index (χ3v) is 7.97. The van der Waals surface area contributed by atoms with E-state index in [9.17, 15) is 14.7 Å². The Hall–Kier alpha value is -4.95. The van der Waals surface area contributed by atoms with Crippen molar-refractivity contribution < 1.29 is 19.4 Å². The summed E-state index contributed by atoms with van der Waals surface area (Å²) in [5, 5.41) is 11.5. The van der Waals surface area contributed by atoms with Crippen LogP contribution in [-0.2, 0) is 9.53 Å². The van der Waals surface area contributed by atoms with Crippen LogP contribution in [0.3, 0.4) is 0 Å². The number of thiazole rings is 1. The van der Waals surface area contributed by atoms with Crippen LogP contribution in [0, 0.1) is 0 Å². The zero-order valence-corrected chi connectivity index (χ0v) is 23.2. The minimum atomic E-state index is -0.872. The molecule has 41 heavy (non-hydrogen) atoms. The minimum absolute atomic E-state index is 0.137. The number of aromatic hydroxyl groups is 1. The summed E-state index contributed by atoms with van der Waals surface area (Å²) in [5.74, 6) is 0.124. The van der Waals surface area contributed by atoms with Gasteiger partial charge in [-0.3, -0.25) is 9.36 Å². The third-order valence-electron chi connectivity index (χ3n) is 6.99. The average Bonchev–Trinajstić information content (AvgIpc) is 3.31. The summed E-state index contributed by atoms with van der Waals surface area (Å²) in [4.78, 5) is 33.4. The van der Waals surface area contributed by atoms with Gasteiger partial charge >= 0.3 is 5.97 Å². The van der Waals surface area contributed by atoms with Crippen molar-refractivity contribution in [3.05, 3.63) is 133 Å². The molecule has 2 heterocycles. The molecule has 1 aliphatic rings. The molecule has 0 bridgehead atoms. The number of phenols is 1. The highest BCUT2D eigenvalue weighted by atomic mass is 32.1. The number of aromatic nitrogens is 1. The summed E-state index contributed by atoms with van der Waals surface area (Å²) in [6.07, 6.45) is 1.76. The Morgan fingerprint density at radius 1 is 1.00 bits per heavy atom. The Kier molecular flexibility index (Phi) is 6.99. The van der Waals surface area contributed by atoms with Crippen LogP contribution in [0.15, 0.2) is 106 Å². The maximum atomic E-state index is 14.2. The predicted molar refractivity (Wildman–Crippen MR) is 160 cm³/mol. The number of esters is 1. The molecule has 1 aromatic heterocycles. The van der Waals surface area contributed by atoms with Gasteiger partial charge < -0.3 is 14.6 Å². The summed E-state index contributed by atoms with van der Waals surface area (Å²) in [5.41, 5.74) is 2.57. The average molecular weight is 563 g/mol. The molecule has 1 N–H and O–H groups in total. The molecule has 5 aromatic rings. The SMILES string of the molecule is CCOC(=O)C1=C(c2ccccc2)N=c2s/c(=C\c3ccc(O)cc3)c(=O)n2[C@H]1c1c(OC)ccc2ccccc12. The van der Waals surface area contributed by atoms with E-state index in [-0.39, 0.29) is 23.5 Å². The van der Waals surface area contributed by atoms with Crippen molar-refractivity contribution in [2.45, 2.75) is 13.0 Å². The molecule has 0 spiro atoms. The molecule has 8 heteroatoms. The zero-order chi connectivity index (χ0) is 28.5. The number of methoxy groups -OCH3 is 1. The van der Waals surface area contributed by atoms with Gasteiger partial charge in [-0.25, -0.2) is 9.79 Å². The van der Waals surface area contributed by atoms with E-state index in [0.717, 1.165) is 21.9 Å². The third kappa shape index (κ3) is 4.72. The molecule has 1 aliphatic heterocycles. The maximum absolute atomic E-state index is 14.2. The second-order valence-corrected chi connectivity index (χ2v) is 10.4. The standard InChI is InChI=1S/C33H26N2O5S/c1-3-40-32(38)28-29(22-10-5-4-6-11-22)34-33-35(31(37)26(41-33)19-20-13-16-23(36)17-14-20)30(28)27-24-12-8-7-9-21(24)15-18-25(27)39-2/h4-19,30,36H,3H2,1-2H3/b26-19-/t30-/m0/s1. The van der Waals surface area contributed by atoms with Crippen LogP contribution in [-0.4, -0.2) is 29.4 Å². The number of ether oxygens (including phenoxy) is 2. The highest BCUT2D eigenvalue weighted by Crippen LogP contribution is 2.42. The Labute approximate surface area is 239 Å². The Morgan fingerprint density at radius 3 is 2.46 bits per heavy atom. The van der Waals surface area contributed by atoms with Gasteiger partial charge in [0.15, 0.2) is 4.80 Å². The molecule has 0 unspecified atom stereocenters. The Bertz CT molecular complexity index is 1990. The number of phenolic OH excluding ortho intramolecular Hbond substituents is 1. The van der Waals surface area contributed by atoms with Crippen molar-refractivity contribution in [1.82, 2.24) is 4.57 Å². The molecule has 204 valence electrons. The molecular formula is C33H26N2O5S. The lowest BCUT2D eigenvalue weighted by Gasteiger charge is -2.28. The lowest BCUT2D eigenvalue weighted by molar-refractivity contribution is -0.138. The van der Waals surface area contributed by atoms with Gasteiger partial charge in [-0.15, -0.1) is 0 Å². The fourth-order valence-corrected chi connectivity index (χ4v) is 6.17. The van der Waals surface area contributed by atoms with E-state index < -0.39 is 12.0 Å². The van der Waals surface area contributed by atoms with Gasteiger partial charge in [-0.1, -0.05) is 84.1 Å². The van der Waals surface area contributed by atoms with E-state index in [1.54, 1.807) is 48.9 Å². The van der Waals surface area contributed by atoms with Crippen LogP contribution < -0.4 is 19.6 Å². The first kappa shape index (κ1) is 26.3. The zero-order valence-electron chi connectivity index (χ0n) is 22.4. The Balaban J connectivity index is 1.75. The summed E-state index contributed by atoms with van der Waals surface area (Å²) in [6.45, 7) is 1.91. The van der Waals surface area contributed by atoms with Gasteiger partial charge in [0.1, 0.15) is 17.5 Å². The van der Waals surface area contributed by atoms with Crippen molar-refractivity contribution in [1.29, 1.82) is 0 Å². The van der Waals surface area contributed by atoms with Gasteiger partial charge in [0.25, 0.3) is 5.56 Å². The summed E-state index contributed by atoms with van der Waals surface area (Å²) in [7, 11) is 1.58. The van der Waals surface area contributed by atoms with Gasteiger partial charge in [-0.2, -0.15) is 0 Å². The number of benzene rings is 4. The van der Waals surface area contributed by atoms with Gasteiger partial charge in [0.05, 0.1) is 29.5 Å². The van der Waals surface area contributed by atoms with Crippen molar-refractivity contribution in [2.75, 3.05) is 13.7 Å². The number of hydrogen-bond donors (Lipinski definition) is 1. The number of nitrogens with zero attached hydrogens (tertiary/aromatic N) is 2. The molecule has 0 saturated carbocycles. The summed E-state index contributed by atoms with van der Waals surface area (Å²) < 4.78 is 13.5. The van der Waals surface area contributed by atoms with Gasteiger partial charge in [0, 0.05) is 11.1 Å². The molecule has 0 saturated heterocycles. The smallest absolute Gasteiger partial charge is 0.338 e. The molecule has 4 aromatic carbocycles. The summed E-state index contributed by atoms with van der Waals surface area (Å²) in [6, 6.07) is 26.8. The van der Waals surface area contributed by atoms with Gasteiger partial charge in [0.2, 0.25) is 0 Å². The largest absolute Gasteiger partial charge is 0.508 e. The molecule has 0 radical (unpaired) electrons. The molecule has 0 fully saturated rings. The van der Waals surface area contributed by atoms with E-state index >= 15 is 0 Å². The fourth-order valence-electron chi connectivity index (χ4n) is 5.17. The van der Waals surface area contributed by atoms with E-state index in [2.05, 4.69) is 0 Å². The fraction of sp³-hybridized carbons (Fsp3) is 0.121. The van der Waals surface area contributed by atoms with E-state index in [1.807, 2.05) is 66.7 Å². The second kappa shape index (κ2) is 10.9. The normalized spacial score (nSPS) is 15.0. The highest BCUT2D eigenvalue weighted by Gasteiger charge is 2.37. The first-order valence-corrected chi connectivity index (χ1v) is 13.9. The van der Waals surface area contributed by atoms with Crippen molar-refractivity contribution >= 4 is 39.9 Å². The minimum Gasteiger partial charge on any atom is -0.508 e. The monoisotopic (exact) mass is 562 g/mol. The lowest BCUT2D eigenvalue weighted by Crippen LogP contribution is -2.40. The van der Waals surface area contributed by atoms with Crippen LogP contribution in [0.2, 0.25) is 0 Å². The van der Waals surface area contributed by atoms with Crippen molar-refractivity contribution in [2.24, 2.45) is 4.99 Å². The van der Waals surface area contributed by atoms with E-state index in [1.165, 1.54) is 11.3 Å². The summed E-state index contributed by atoms with van der Waals surface area (Å²) >= 11 is 1.24. The Morgan fingerprint density at radius 2 is 1.73 bits per heavy atom. The van der Waals surface area contributed by atoms with E-state index in [0.29, 0.717) is 26.3 Å². The predicted octanol–water partition coefficient (Wildman–Crippen LogP) is 4.80. The van der Waals surface area contributed by atoms with Crippen LogP contribution >= 0.6 is 11.3 Å². The first-order valence-electron chi connectivity index (χ1n) is 13.1. The van der Waals surface area contributed by atoms with Crippen LogP contribution in [0.1, 0.15) is 29.7 Å². The van der Waals surface area contributed by atoms with Crippen LogP contribution in [0.5, 0.6) is 11.5 Å². The lowest BCUT2D eigenvalue weighted by atomic mass is 9.89. The molecule has 7 nitrogen and oxygen atoms in total. The number of carbonyl (C=O) groups excluding carboxylic acids is 1. The molecular weight excluding hydrogens is 536 g/mol. The molecule has 1 atom stereocenters. The van der Waals surface area contributed by atoms with Crippen molar-refractivity contribution in [3.63, 3.8) is 0 Å². The topological polar surface area (TPSA) is 90.1 Å². The number of carbonyl (C=O) groups is 1. The van der Waals surface area contributed by atoms with Crippen molar-refractivity contribution in [3.8, 4) is 11.5 Å². The van der Waals surface area contributed by atoms with Gasteiger partial charge in [-0.05, 0) is 47.5 Å². The number of hydrogen-bond acceptors (Lipinski definition) is 7. The molecule has 6 rings (SSSR count). The van der Waals surface area contributed by atoms with E-state index in [4.69, 9.17) is 14.5 Å². The quantitative estimate of drug-likeness (QED) is 0.300. The maximum Gasteiger partial charge on any atom is 0.338 e. The van der Waals surface area contributed by atoms with Crippen LogP contribution in [0.25, 0.3) is 22.5 Å². The number of rotatable bonds is 6. The van der Waals surface area contributed by atoms with Crippen LogP contribution in [0.4, 0.5) is 0 Å². The highest BCUT2D eigenvalue weighted by molar-refractivity contribution is 7.07. The first-order chi connectivity index (χ1) is 20.0. The second-order valence-electron chi connectivity index (χ2n) is 9.43.